The molecule has 1 aromatic rings. The Balaban J connectivity index is 2.69. The van der Waals surface area contributed by atoms with Gasteiger partial charge in [0.2, 0.25) is 0 Å². The average molecular weight is 195 g/mol. The first-order valence-electron chi connectivity index (χ1n) is 7.97. The Labute approximate surface area is 95.2 Å². The van der Waals surface area contributed by atoms with E-state index in [9.17, 15) is 0 Å². The summed E-state index contributed by atoms with van der Waals surface area (Å²) in [5.41, 5.74) is 0.00653. The van der Waals surface area contributed by atoms with Gasteiger partial charge in [-0.2, -0.15) is 5.26 Å². The zero-order valence-corrected chi connectivity index (χ0v) is 7.20. The first kappa shape index (κ1) is 3.56. The molecule has 1 saturated heterocycles. The highest BCUT2D eigenvalue weighted by Gasteiger charge is 2.09. The summed E-state index contributed by atoms with van der Waals surface area (Å²) in [6.07, 6.45) is 0. The molecule has 2 rings (SSSR count). The topological polar surface area (TPSA) is 39.1 Å². The van der Waals surface area contributed by atoms with Crippen LogP contribution in [0.3, 0.4) is 0 Å². The molecular weight excluding hydrogens is 174 g/mol. The maximum atomic E-state index is 8.91. The highest BCUT2D eigenvalue weighted by atomic mass is 15.2. The minimum Gasteiger partial charge on any atom is -0.369 e. The molecule has 0 bridgehead atoms. The molecule has 0 amide bonds. The molecule has 0 saturated carbocycles. The molecule has 0 aromatic heterocycles. The molecule has 1 fully saturated rings. The average Bonchev–Trinajstić information content (AvgIpc) is 2.35. The van der Waals surface area contributed by atoms with E-state index in [1.807, 2.05) is 6.07 Å². The molecule has 0 aliphatic carbocycles. The van der Waals surface area contributed by atoms with Crippen molar-refractivity contribution in [3.8, 4) is 6.07 Å². The van der Waals surface area contributed by atoms with Gasteiger partial charge < -0.3 is 10.2 Å². The van der Waals surface area contributed by atoms with Gasteiger partial charge >= 0.3 is 0 Å². The highest BCUT2D eigenvalue weighted by Crippen LogP contribution is 2.15. The lowest BCUT2D eigenvalue weighted by Crippen LogP contribution is -2.43. The largest absolute Gasteiger partial charge is 0.369 e. The standard InChI is InChI=1S/C11H13N3/c12-9-10-2-1-3-11(8-10)14-6-4-13-5-7-14/h1-3,8,13H,4-7H2/i4D2,5D2,6D2,7D2. The van der Waals surface area contributed by atoms with Crippen LogP contribution in [0.15, 0.2) is 24.3 Å². The number of rotatable bonds is 1. The van der Waals surface area contributed by atoms with E-state index in [0.29, 0.717) is 4.90 Å². The van der Waals surface area contributed by atoms with Crippen LogP contribution in [0.2, 0.25) is 0 Å². The van der Waals surface area contributed by atoms with Crippen LogP contribution in [-0.4, -0.2) is 26.0 Å². The number of piperazine rings is 1. The summed E-state index contributed by atoms with van der Waals surface area (Å²) in [6, 6.07) is 7.14. The number of hydrogen-bond acceptors (Lipinski definition) is 3. The molecule has 14 heavy (non-hydrogen) atoms. The van der Waals surface area contributed by atoms with E-state index in [0.717, 1.165) is 0 Å². The van der Waals surface area contributed by atoms with Crippen molar-refractivity contribution in [3.63, 3.8) is 0 Å². The molecule has 0 spiro atoms. The third kappa shape index (κ3) is 1.86. The molecule has 1 aromatic carbocycles. The lowest BCUT2D eigenvalue weighted by atomic mass is 10.2. The fraction of sp³-hybridized carbons (Fsp3) is 0.364. The van der Waals surface area contributed by atoms with Crippen LogP contribution in [0, 0.1) is 11.3 Å². The molecule has 0 unspecified atom stereocenters. The quantitative estimate of drug-likeness (QED) is 0.725. The molecule has 1 aliphatic rings. The van der Waals surface area contributed by atoms with Crippen LogP contribution in [0.1, 0.15) is 16.5 Å². The SMILES string of the molecule is [2H]C1([2H])NC([2H])([2H])C([2H])([2H])N(c2cccc(C#N)c2)C1([2H])[2H]. The van der Waals surface area contributed by atoms with Crippen LogP contribution in [-0.2, 0) is 0 Å². The van der Waals surface area contributed by atoms with Crippen molar-refractivity contribution in [1.29, 1.82) is 5.26 Å². The number of benzene rings is 1. The Hall–Kier alpha value is -1.53. The van der Waals surface area contributed by atoms with Gasteiger partial charge in [-0.1, -0.05) is 6.07 Å². The number of hydrogen-bond donors (Lipinski definition) is 1. The molecule has 1 aliphatic heterocycles. The fourth-order valence-corrected chi connectivity index (χ4v) is 1.07. The Morgan fingerprint density at radius 2 is 2.21 bits per heavy atom. The molecule has 72 valence electrons. The Morgan fingerprint density at radius 1 is 1.43 bits per heavy atom. The van der Waals surface area contributed by atoms with Crippen LogP contribution < -0.4 is 10.2 Å². The fourth-order valence-electron chi connectivity index (χ4n) is 1.07. The minimum absolute atomic E-state index is 0.122. The van der Waals surface area contributed by atoms with Crippen molar-refractivity contribution in [3.05, 3.63) is 29.8 Å². The number of nitrogens with one attached hydrogen (secondary N) is 1. The summed E-state index contributed by atoms with van der Waals surface area (Å²) in [7, 11) is 0. The zero-order valence-electron chi connectivity index (χ0n) is 15.2. The van der Waals surface area contributed by atoms with E-state index in [1.165, 1.54) is 24.3 Å². The van der Waals surface area contributed by atoms with Gasteiger partial charge in [-0.05, 0) is 18.2 Å². The third-order valence-electron chi connectivity index (χ3n) is 1.69. The number of anilines is 1. The van der Waals surface area contributed by atoms with Crippen molar-refractivity contribution >= 4 is 5.69 Å². The molecule has 1 N–H and O–H groups in total. The Kier molecular flexibility index (Phi) is 1.05. The second kappa shape index (κ2) is 4.12. The van der Waals surface area contributed by atoms with Crippen molar-refractivity contribution in [2.45, 2.75) is 0 Å². The van der Waals surface area contributed by atoms with E-state index in [-0.39, 0.29) is 11.3 Å². The third-order valence-corrected chi connectivity index (χ3v) is 1.69. The van der Waals surface area contributed by atoms with Gasteiger partial charge in [0.15, 0.2) is 0 Å². The lowest BCUT2D eigenvalue weighted by Gasteiger charge is -2.29. The molecular formula is C11H13N3. The maximum Gasteiger partial charge on any atom is 0.0992 e. The highest BCUT2D eigenvalue weighted by molar-refractivity contribution is 5.51. The van der Waals surface area contributed by atoms with Gasteiger partial charge in [-0.25, -0.2) is 0 Å². The Bertz CT molecular complexity index is 610. The summed E-state index contributed by atoms with van der Waals surface area (Å²) < 4.78 is 62.6. The second-order valence-corrected chi connectivity index (χ2v) is 2.60. The molecule has 1 heterocycles. The maximum absolute atomic E-state index is 8.91. The monoisotopic (exact) mass is 195 g/mol. The van der Waals surface area contributed by atoms with Crippen molar-refractivity contribution in [1.82, 2.24) is 5.32 Å². The summed E-state index contributed by atoms with van der Waals surface area (Å²) in [4.78, 5) is 0.400. The van der Waals surface area contributed by atoms with Crippen LogP contribution in [0.25, 0.3) is 0 Å². The zero-order chi connectivity index (χ0) is 17.0. The van der Waals surface area contributed by atoms with E-state index >= 15 is 0 Å². The number of nitriles is 1. The summed E-state index contributed by atoms with van der Waals surface area (Å²) in [6.45, 7) is -11.5. The van der Waals surface area contributed by atoms with Gasteiger partial charge in [-0.15, -0.1) is 0 Å². The normalized spacial score (nSPS) is 39.2. The van der Waals surface area contributed by atoms with Crippen molar-refractivity contribution in [2.75, 3.05) is 30.9 Å². The van der Waals surface area contributed by atoms with E-state index < -0.39 is 26.0 Å². The summed E-state index contributed by atoms with van der Waals surface area (Å²) in [5.74, 6) is 0. The summed E-state index contributed by atoms with van der Waals surface area (Å²) >= 11 is 0. The molecule has 0 atom stereocenters. The second-order valence-electron chi connectivity index (χ2n) is 2.60. The Morgan fingerprint density at radius 3 is 2.93 bits per heavy atom. The van der Waals surface area contributed by atoms with Gasteiger partial charge in [0.05, 0.1) is 17.1 Å². The first-order valence-corrected chi connectivity index (χ1v) is 3.97. The van der Waals surface area contributed by atoms with Crippen molar-refractivity contribution in [2.24, 2.45) is 0 Å². The van der Waals surface area contributed by atoms with E-state index in [4.69, 9.17) is 16.2 Å². The molecule has 3 nitrogen and oxygen atoms in total. The van der Waals surface area contributed by atoms with Gasteiger partial charge in [-0.3, -0.25) is 0 Å². The van der Waals surface area contributed by atoms with E-state index in [1.54, 1.807) is 5.32 Å². The smallest absolute Gasteiger partial charge is 0.0992 e. The minimum atomic E-state index is -2.89. The van der Waals surface area contributed by atoms with Crippen molar-refractivity contribution < 1.29 is 11.0 Å². The van der Waals surface area contributed by atoms with Crippen LogP contribution in [0.4, 0.5) is 5.69 Å². The lowest BCUT2D eigenvalue weighted by molar-refractivity contribution is 0.589. The first-order chi connectivity index (χ1) is 9.87. The van der Waals surface area contributed by atoms with E-state index in [2.05, 4.69) is 0 Å². The predicted molar refractivity (Wildman–Crippen MR) is 56.2 cm³/mol. The van der Waals surface area contributed by atoms with Crippen LogP contribution in [0.5, 0.6) is 0 Å². The molecule has 0 radical (unpaired) electrons. The number of nitrogens with zero attached hydrogens (tertiary/aromatic N) is 2. The summed E-state index contributed by atoms with van der Waals surface area (Å²) in [5, 5.41) is 10.7. The van der Waals surface area contributed by atoms with Gasteiger partial charge in [0, 0.05) is 37.2 Å². The molecule has 3 heteroatoms. The van der Waals surface area contributed by atoms with Gasteiger partial charge in [0.1, 0.15) is 0 Å². The van der Waals surface area contributed by atoms with Crippen LogP contribution >= 0.6 is 0 Å². The van der Waals surface area contributed by atoms with Gasteiger partial charge in [0.25, 0.3) is 0 Å². The predicted octanol–water partition coefficient (Wildman–Crippen LogP) is 0.968.